The highest BCUT2D eigenvalue weighted by Crippen LogP contribution is 2.60. The van der Waals surface area contributed by atoms with Crippen LogP contribution in [0, 0.1) is 0 Å². The van der Waals surface area contributed by atoms with Crippen molar-refractivity contribution in [2.24, 2.45) is 0 Å². The van der Waals surface area contributed by atoms with Crippen molar-refractivity contribution in [3.05, 3.63) is 35.4 Å². The molecule has 1 N–H and O–H groups in total. The normalized spacial score (nSPS) is 13.6. The van der Waals surface area contributed by atoms with Crippen LogP contribution < -0.4 is 0 Å². The van der Waals surface area contributed by atoms with Gasteiger partial charge >= 0.3 is 0 Å². The highest BCUT2D eigenvalue weighted by molar-refractivity contribution is 6.78. The first kappa shape index (κ1) is 19.3. The molecule has 114 valence electrons. The van der Waals surface area contributed by atoms with Gasteiger partial charge in [0.1, 0.15) is 0 Å². The Kier molecular flexibility index (Phi) is 6.92. The van der Waals surface area contributed by atoms with E-state index in [-0.39, 0.29) is 6.61 Å². The summed E-state index contributed by atoms with van der Waals surface area (Å²) in [4.78, 5) is 0. The third kappa shape index (κ3) is 4.14. The van der Waals surface area contributed by atoms with E-state index in [9.17, 15) is 0 Å². The van der Waals surface area contributed by atoms with Gasteiger partial charge in [-0.1, -0.05) is 105 Å². The minimum absolute atomic E-state index is 0.121. The van der Waals surface area contributed by atoms with Gasteiger partial charge < -0.3 is 5.11 Å². The van der Waals surface area contributed by atoms with Gasteiger partial charge in [0.25, 0.3) is 0 Å². The number of alkyl halides is 7. The summed E-state index contributed by atoms with van der Waals surface area (Å²) in [5, 5.41) is 8.79. The second kappa shape index (κ2) is 7.19. The smallest absolute Gasteiger partial charge is 0.226 e. The molecule has 1 rings (SSSR count). The Labute approximate surface area is 153 Å². The van der Waals surface area contributed by atoms with Gasteiger partial charge in [-0.25, -0.2) is 0 Å². The first-order valence-electron chi connectivity index (χ1n) is 5.56. The average Bonchev–Trinajstić information content (AvgIpc) is 2.35. The molecule has 1 aromatic rings. The number of benzene rings is 1. The van der Waals surface area contributed by atoms with E-state index >= 15 is 0 Å². The topological polar surface area (TPSA) is 20.2 Å². The van der Waals surface area contributed by atoms with Gasteiger partial charge in [-0.2, -0.15) is 0 Å². The monoisotopic (exact) mass is 416 g/mol. The molecule has 0 atom stereocenters. The van der Waals surface area contributed by atoms with Crippen molar-refractivity contribution in [3.63, 3.8) is 0 Å². The maximum absolute atomic E-state index is 8.79. The largest absolute Gasteiger partial charge is 0.396 e. The van der Waals surface area contributed by atoms with Crippen LogP contribution in [0.1, 0.15) is 17.5 Å². The molecule has 1 nitrogen and oxygen atoms in total. The van der Waals surface area contributed by atoms with Crippen LogP contribution in [-0.4, -0.2) is 19.8 Å². The number of aliphatic hydroxyl groups excluding tert-OH is 1. The zero-order chi connectivity index (χ0) is 15.6. The van der Waals surface area contributed by atoms with Crippen LogP contribution in [0.4, 0.5) is 0 Å². The van der Waals surface area contributed by atoms with Gasteiger partial charge in [0, 0.05) is 6.61 Å². The van der Waals surface area contributed by atoms with E-state index in [2.05, 4.69) is 0 Å². The predicted octanol–water partition coefficient (Wildman–Crippen LogP) is 5.79. The van der Waals surface area contributed by atoms with Crippen LogP contribution in [0.3, 0.4) is 0 Å². The Hall–Kier alpha value is 1.21. The van der Waals surface area contributed by atoms with E-state index in [4.69, 9.17) is 86.3 Å². The van der Waals surface area contributed by atoms with E-state index in [0.29, 0.717) is 12.0 Å². The van der Waals surface area contributed by atoms with Crippen molar-refractivity contribution in [2.75, 3.05) is 6.61 Å². The molecule has 0 radical (unpaired) electrons. The van der Waals surface area contributed by atoms with Crippen molar-refractivity contribution < 1.29 is 5.11 Å². The fourth-order valence-electron chi connectivity index (χ4n) is 1.52. The van der Waals surface area contributed by atoms with E-state index in [0.717, 1.165) is 12.0 Å². The van der Waals surface area contributed by atoms with E-state index < -0.39 is 12.5 Å². The van der Waals surface area contributed by atoms with Gasteiger partial charge in [0.05, 0.1) is 0 Å². The Balaban J connectivity index is 3.04. The van der Waals surface area contributed by atoms with Crippen molar-refractivity contribution in [2.45, 2.75) is 25.3 Å². The predicted molar refractivity (Wildman–Crippen MR) is 90.0 cm³/mol. The number of aliphatic hydroxyl groups is 1. The zero-order valence-electron chi connectivity index (χ0n) is 10.0. The molecule has 20 heavy (non-hydrogen) atoms. The van der Waals surface area contributed by atoms with Crippen LogP contribution in [0.25, 0.3) is 0 Å². The first-order valence-corrected chi connectivity index (χ1v) is 8.21. The van der Waals surface area contributed by atoms with E-state index in [1.54, 1.807) is 24.3 Å². The molecule has 0 aliphatic carbocycles. The van der Waals surface area contributed by atoms with Crippen molar-refractivity contribution in [1.82, 2.24) is 0 Å². The Morgan fingerprint density at radius 1 is 0.850 bits per heavy atom. The SMILES string of the molecule is OCCCc1ccc(C(Cl)(Cl)C(Cl)(Cl)C(Cl)(Cl)Cl)cc1. The summed E-state index contributed by atoms with van der Waals surface area (Å²) in [5.41, 5.74) is 1.42. The standard InChI is InChI=1S/C12H11Cl7O/c13-10(14,11(15,16)12(17,18)19)9-5-3-8(4-6-9)2-1-7-20/h3-6,20H,1-2,7H2. The van der Waals surface area contributed by atoms with Gasteiger partial charge in [0.15, 0.2) is 4.33 Å². The maximum atomic E-state index is 8.79. The van der Waals surface area contributed by atoms with Crippen LogP contribution >= 0.6 is 81.2 Å². The summed E-state index contributed by atoms with van der Waals surface area (Å²) >= 11 is 41.7. The van der Waals surface area contributed by atoms with Crippen LogP contribution in [0.5, 0.6) is 0 Å². The molecule has 0 aliphatic rings. The second-order valence-electron chi connectivity index (χ2n) is 4.17. The molecule has 0 heterocycles. The minimum atomic E-state index is -2.07. The quantitative estimate of drug-likeness (QED) is 0.600. The molecule has 0 amide bonds. The Bertz CT molecular complexity index is 436. The summed E-state index contributed by atoms with van der Waals surface area (Å²) in [6.07, 6.45) is 1.39. The molecule has 1 aromatic carbocycles. The van der Waals surface area contributed by atoms with Crippen molar-refractivity contribution in [1.29, 1.82) is 0 Å². The lowest BCUT2D eigenvalue weighted by atomic mass is 10.0. The molecule has 0 saturated heterocycles. The van der Waals surface area contributed by atoms with Gasteiger partial charge in [-0.3, -0.25) is 0 Å². The molecule has 0 saturated carbocycles. The highest BCUT2D eigenvalue weighted by atomic mass is 35.6. The molecule has 0 aromatic heterocycles. The van der Waals surface area contributed by atoms with Crippen LogP contribution in [0.15, 0.2) is 24.3 Å². The summed E-state index contributed by atoms with van der Waals surface area (Å²) in [7, 11) is 0. The molecule has 0 unspecified atom stereocenters. The van der Waals surface area contributed by atoms with Crippen molar-refractivity contribution >= 4 is 81.2 Å². The lowest BCUT2D eigenvalue weighted by molar-refractivity contribution is 0.288. The summed E-state index contributed by atoms with van der Waals surface area (Å²) in [6, 6.07) is 6.91. The van der Waals surface area contributed by atoms with Gasteiger partial charge in [-0.15, -0.1) is 0 Å². The maximum Gasteiger partial charge on any atom is 0.226 e. The number of hydrogen-bond acceptors (Lipinski definition) is 1. The van der Waals surface area contributed by atoms with Gasteiger partial charge in [0.2, 0.25) is 8.13 Å². The molecular formula is C12H11Cl7O. The molecule has 8 heteroatoms. The fourth-order valence-corrected chi connectivity index (χ4v) is 2.99. The Morgan fingerprint density at radius 3 is 1.75 bits per heavy atom. The number of rotatable bonds is 5. The molecular weight excluding hydrogens is 408 g/mol. The third-order valence-electron chi connectivity index (χ3n) is 2.69. The van der Waals surface area contributed by atoms with Crippen molar-refractivity contribution in [3.8, 4) is 0 Å². The summed E-state index contributed by atoms with van der Waals surface area (Å²) < 4.78 is -5.92. The van der Waals surface area contributed by atoms with Crippen LogP contribution in [0.2, 0.25) is 0 Å². The van der Waals surface area contributed by atoms with Gasteiger partial charge in [-0.05, 0) is 24.0 Å². The second-order valence-corrected chi connectivity index (χ2v) is 9.11. The lowest BCUT2D eigenvalue weighted by Crippen LogP contribution is -2.45. The Morgan fingerprint density at radius 2 is 1.35 bits per heavy atom. The number of aryl methyl sites for hydroxylation is 1. The molecule has 0 bridgehead atoms. The summed E-state index contributed by atoms with van der Waals surface area (Å²) in [6.45, 7) is 0.121. The zero-order valence-corrected chi connectivity index (χ0v) is 15.3. The molecule has 0 spiro atoms. The van der Waals surface area contributed by atoms with Crippen LogP contribution in [-0.2, 0) is 10.8 Å². The lowest BCUT2D eigenvalue weighted by Gasteiger charge is -2.37. The fraction of sp³-hybridized carbons (Fsp3) is 0.500. The summed E-state index contributed by atoms with van der Waals surface area (Å²) in [5.74, 6) is 0. The minimum Gasteiger partial charge on any atom is -0.396 e. The highest BCUT2D eigenvalue weighted by Gasteiger charge is 2.60. The molecule has 0 aliphatic heterocycles. The van der Waals surface area contributed by atoms with E-state index in [1.165, 1.54) is 0 Å². The average molecular weight is 419 g/mol. The van der Waals surface area contributed by atoms with E-state index in [1.807, 2.05) is 0 Å². The molecule has 0 fully saturated rings. The number of halogens is 7. The first-order chi connectivity index (χ1) is 9.04. The third-order valence-corrected chi connectivity index (χ3v) is 6.65. The number of hydrogen-bond donors (Lipinski definition) is 1.